The first-order valence-electron chi connectivity index (χ1n) is 4.63. The highest BCUT2D eigenvalue weighted by atomic mass is 35.5. The molecule has 0 unspecified atom stereocenters. The third-order valence-electron chi connectivity index (χ3n) is 2.14. The van der Waals surface area contributed by atoms with E-state index in [2.05, 4.69) is 4.98 Å². The predicted octanol–water partition coefficient (Wildman–Crippen LogP) is 4.07. The summed E-state index contributed by atoms with van der Waals surface area (Å²) in [7, 11) is 0. The van der Waals surface area contributed by atoms with Crippen molar-refractivity contribution in [2.24, 2.45) is 0 Å². The van der Waals surface area contributed by atoms with E-state index in [1.807, 2.05) is 6.07 Å². The molecule has 1 aromatic heterocycles. The van der Waals surface area contributed by atoms with E-state index in [9.17, 15) is 4.39 Å². The maximum atomic E-state index is 13.0. The zero-order valence-electron chi connectivity index (χ0n) is 8.42. The fourth-order valence-corrected chi connectivity index (χ4v) is 1.75. The molecule has 2 nitrogen and oxygen atoms in total. The normalized spacial score (nSPS) is 10.0. The van der Waals surface area contributed by atoms with E-state index in [0.29, 0.717) is 16.8 Å². The Labute approximate surface area is 107 Å². The lowest BCUT2D eigenvalue weighted by Gasteiger charge is -2.03. The lowest BCUT2D eigenvalue weighted by atomic mass is 10.1. The summed E-state index contributed by atoms with van der Waals surface area (Å²) in [6, 6.07) is 9.20. The van der Waals surface area contributed by atoms with Crippen molar-refractivity contribution in [2.45, 2.75) is 0 Å². The molecule has 5 heteroatoms. The van der Waals surface area contributed by atoms with Crippen molar-refractivity contribution in [3.05, 3.63) is 51.9 Å². The van der Waals surface area contributed by atoms with Gasteiger partial charge in [-0.2, -0.15) is 5.26 Å². The number of pyridine rings is 1. The van der Waals surface area contributed by atoms with E-state index in [1.54, 1.807) is 6.07 Å². The third-order valence-corrected chi connectivity index (χ3v) is 2.62. The summed E-state index contributed by atoms with van der Waals surface area (Å²) >= 11 is 11.5. The lowest BCUT2D eigenvalue weighted by Crippen LogP contribution is -1.88. The summed E-state index contributed by atoms with van der Waals surface area (Å²) in [5.41, 5.74) is 1.48. The van der Waals surface area contributed by atoms with Crippen LogP contribution in [0.3, 0.4) is 0 Å². The van der Waals surface area contributed by atoms with Crippen LogP contribution in [0.1, 0.15) is 5.56 Å². The van der Waals surface area contributed by atoms with Gasteiger partial charge in [0.05, 0.1) is 22.3 Å². The van der Waals surface area contributed by atoms with Gasteiger partial charge in [-0.3, -0.25) is 0 Å². The number of rotatable bonds is 1. The molecule has 0 spiro atoms. The molecule has 0 amide bonds. The molecule has 2 rings (SSSR count). The van der Waals surface area contributed by atoms with Crippen molar-refractivity contribution < 1.29 is 4.39 Å². The quantitative estimate of drug-likeness (QED) is 0.730. The molecule has 2 aromatic rings. The Balaban J connectivity index is 2.56. The summed E-state index contributed by atoms with van der Waals surface area (Å²) in [5.74, 6) is -0.502. The maximum absolute atomic E-state index is 13.0. The van der Waals surface area contributed by atoms with E-state index in [4.69, 9.17) is 28.5 Å². The summed E-state index contributed by atoms with van der Waals surface area (Å²) < 4.78 is 13.0. The summed E-state index contributed by atoms with van der Waals surface area (Å²) in [5, 5.41) is 9.02. The molecular weight excluding hydrogens is 262 g/mol. The van der Waals surface area contributed by atoms with Crippen molar-refractivity contribution in [3.63, 3.8) is 0 Å². The van der Waals surface area contributed by atoms with E-state index in [-0.39, 0.29) is 10.2 Å². The first kappa shape index (κ1) is 11.8. The van der Waals surface area contributed by atoms with Gasteiger partial charge in [0, 0.05) is 5.56 Å². The van der Waals surface area contributed by atoms with Crippen LogP contribution in [-0.2, 0) is 0 Å². The van der Waals surface area contributed by atoms with Gasteiger partial charge in [-0.1, -0.05) is 23.2 Å². The lowest BCUT2D eigenvalue weighted by molar-refractivity contribution is 0.628. The van der Waals surface area contributed by atoms with Gasteiger partial charge in [0.2, 0.25) is 0 Å². The topological polar surface area (TPSA) is 36.7 Å². The molecule has 0 saturated carbocycles. The number of halogens is 3. The van der Waals surface area contributed by atoms with Crippen LogP contribution < -0.4 is 0 Å². The van der Waals surface area contributed by atoms with Gasteiger partial charge in [-0.15, -0.1) is 0 Å². The predicted molar refractivity (Wildman–Crippen MR) is 64.4 cm³/mol. The fraction of sp³-hybridized carbons (Fsp3) is 0. The average Bonchev–Trinajstić information content (AvgIpc) is 2.32. The number of hydrogen-bond donors (Lipinski definition) is 0. The SMILES string of the molecule is N#Cc1cc(Cl)nc(-c2ccc(F)c(Cl)c2)c1. The van der Waals surface area contributed by atoms with Crippen molar-refractivity contribution >= 4 is 23.2 Å². The number of nitrogens with zero attached hydrogens (tertiary/aromatic N) is 2. The minimum Gasteiger partial charge on any atom is -0.236 e. The van der Waals surface area contributed by atoms with Gasteiger partial charge < -0.3 is 0 Å². The molecule has 0 N–H and O–H groups in total. The Kier molecular flexibility index (Phi) is 3.28. The van der Waals surface area contributed by atoms with Crippen LogP contribution in [0.4, 0.5) is 4.39 Å². The first-order chi connectivity index (χ1) is 8.10. The molecule has 0 radical (unpaired) electrons. The largest absolute Gasteiger partial charge is 0.236 e. The Morgan fingerprint density at radius 3 is 2.59 bits per heavy atom. The molecule has 0 aliphatic carbocycles. The van der Waals surface area contributed by atoms with Gasteiger partial charge >= 0.3 is 0 Å². The molecule has 84 valence electrons. The molecular formula is C12H5Cl2FN2. The average molecular weight is 267 g/mol. The molecule has 0 aliphatic rings. The smallest absolute Gasteiger partial charge is 0.141 e. The minimum absolute atomic E-state index is 0.00258. The van der Waals surface area contributed by atoms with E-state index < -0.39 is 5.82 Å². The van der Waals surface area contributed by atoms with Crippen LogP contribution in [0.2, 0.25) is 10.2 Å². The van der Waals surface area contributed by atoms with Gasteiger partial charge in [-0.25, -0.2) is 9.37 Å². The second-order valence-corrected chi connectivity index (χ2v) is 4.10. The third kappa shape index (κ3) is 2.55. The van der Waals surface area contributed by atoms with Crippen LogP contribution in [0.25, 0.3) is 11.3 Å². The zero-order chi connectivity index (χ0) is 12.4. The van der Waals surface area contributed by atoms with Gasteiger partial charge in [0.1, 0.15) is 11.0 Å². The highest BCUT2D eigenvalue weighted by molar-refractivity contribution is 6.31. The molecule has 1 heterocycles. The Morgan fingerprint density at radius 1 is 1.18 bits per heavy atom. The van der Waals surface area contributed by atoms with Gasteiger partial charge in [0.25, 0.3) is 0 Å². The van der Waals surface area contributed by atoms with E-state index >= 15 is 0 Å². The molecule has 17 heavy (non-hydrogen) atoms. The molecule has 0 atom stereocenters. The van der Waals surface area contributed by atoms with Crippen molar-refractivity contribution in [2.75, 3.05) is 0 Å². The number of nitriles is 1. The van der Waals surface area contributed by atoms with Crippen molar-refractivity contribution in [3.8, 4) is 17.3 Å². The van der Waals surface area contributed by atoms with Crippen molar-refractivity contribution in [1.29, 1.82) is 5.26 Å². The van der Waals surface area contributed by atoms with Gasteiger partial charge in [0.15, 0.2) is 0 Å². The molecule has 0 fully saturated rings. The molecule has 0 bridgehead atoms. The van der Waals surface area contributed by atoms with Crippen LogP contribution in [0, 0.1) is 17.1 Å². The summed E-state index contributed by atoms with van der Waals surface area (Å²) in [4.78, 5) is 4.06. The van der Waals surface area contributed by atoms with Crippen LogP contribution in [-0.4, -0.2) is 4.98 Å². The molecule has 1 aromatic carbocycles. The minimum atomic E-state index is -0.502. The molecule has 0 aliphatic heterocycles. The zero-order valence-corrected chi connectivity index (χ0v) is 9.93. The van der Waals surface area contributed by atoms with Crippen LogP contribution in [0.15, 0.2) is 30.3 Å². The fourth-order valence-electron chi connectivity index (χ4n) is 1.36. The molecule has 0 saturated heterocycles. The Morgan fingerprint density at radius 2 is 1.94 bits per heavy atom. The summed E-state index contributed by atoms with van der Waals surface area (Å²) in [6.07, 6.45) is 0. The monoisotopic (exact) mass is 266 g/mol. The van der Waals surface area contributed by atoms with E-state index in [0.717, 1.165) is 0 Å². The summed E-state index contributed by atoms with van der Waals surface area (Å²) in [6.45, 7) is 0. The number of aromatic nitrogens is 1. The number of benzene rings is 1. The highest BCUT2D eigenvalue weighted by Gasteiger charge is 2.06. The highest BCUT2D eigenvalue weighted by Crippen LogP contribution is 2.25. The van der Waals surface area contributed by atoms with E-state index in [1.165, 1.54) is 24.3 Å². The maximum Gasteiger partial charge on any atom is 0.141 e. The first-order valence-corrected chi connectivity index (χ1v) is 5.39. The van der Waals surface area contributed by atoms with Crippen molar-refractivity contribution in [1.82, 2.24) is 4.98 Å². The van der Waals surface area contributed by atoms with Gasteiger partial charge in [-0.05, 0) is 30.3 Å². The number of hydrogen-bond acceptors (Lipinski definition) is 2. The Bertz CT molecular complexity index is 620. The van der Waals surface area contributed by atoms with Crippen LogP contribution in [0.5, 0.6) is 0 Å². The second kappa shape index (κ2) is 4.70. The Hall–Kier alpha value is -1.63. The second-order valence-electron chi connectivity index (χ2n) is 3.30. The standard InChI is InChI=1S/C12H5Cl2FN2/c13-9-5-8(1-2-10(9)15)11-3-7(6-16)4-12(14)17-11/h1-5H. The van der Waals surface area contributed by atoms with Crippen LogP contribution >= 0.6 is 23.2 Å².